The van der Waals surface area contributed by atoms with Gasteiger partial charge in [-0.2, -0.15) is 13.2 Å². The molecule has 3 aliphatic carbocycles. The first-order chi connectivity index (χ1) is 9.04. The zero-order valence-electron chi connectivity index (χ0n) is 11.1. The summed E-state index contributed by atoms with van der Waals surface area (Å²) in [4.78, 5) is 0. The van der Waals surface area contributed by atoms with Crippen molar-refractivity contribution < 1.29 is 13.2 Å². The van der Waals surface area contributed by atoms with Crippen LogP contribution < -0.4 is 5.32 Å². The van der Waals surface area contributed by atoms with E-state index in [1.165, 1.54) is 6.42 Å². The highest BCUT2D eigenvalue weighted by atomic mass is 19.4. The van der Waals surface area contributed by atoms with E-state index in [2.05, 4.69) is 17.5 Å². The molecule has 0 saturated heterocycles. The first-order valence-electron chi connectivity index (χ1n) is 7.52. The monoisotopic (exact) mass is 273 g/mol. The lowest BCUT2D eigenvalue weighted by Crippen LogP contribution is -2.47. The van der Waals surface area contributed by atoms with Gasteiger partial charge >= 0.3 is 6.18 Å². The molecule has 0 amide bonds. The fourth-order valence-electron chi connectivity index (χ4n) is 4.20. The highest BCUT2D eigenvalue weighted by Crippen LogP contribution is 2.43. The molecule has 5 atom stereocenters. The standard InChI is InChI=1S/C15H22F3N/c16-15(17,18)13-3-1-2-4-14(13)19-9-12-8-10-5-6-11(12)7-10/h5-6,10-14,19H,1-4,7-9H2. The largest absolute Gasteiger partial charge is 0.393 e. The van der Waals surface area contributed by atoms with Gasteiger partial charge in [-0.05, 0) is 50.0 Å². The van der Waals surface area contributed by atoms with Gasteiger partial charge in [0.1, 0.15) is 0 Å². The van der Waals surface area contributed by atoms with Crippen LogP contribution in [0.25, 0.3) is 0 Å². The number of halogens is 3. The summed E-state index contributed by atoms with van der Waals surface area (Å²) in [5, 5.41) is 3.25. The van der Waals surface area contributed by atoms with Crippen molar-refractivity contribution in [1.82, 2.24) is 5.32 Å². The number of alkyl halides is 3. The summed E-state index contributed by atoms with van der Waals surface area (Å²) in [6.45, 7) is 0.767. The first kappa shape index (κ1) is 13.5. The van der Waals surface area contributed by atoms with Crippen LogP contribution in [-0.2, 0) is 0 Å². The average Bonchev–Trinajstić information content (AvgIpc) is 2.97. The molecule has 0 spiro atoms. The molecule has 0 heterocycles. The maximum Gasteiger partial charge on any atom is 0.393 e. The molecule has 1 nitrogen and oxygen atoms in total. The molecule has 0 radical (unpaired) electrons. The van der Waals surface area contributed by atoms with Crippen molar-refractivity contribution in [2.75, 3.05) is 6.54 Å². The molecule has 2 saturated carbocycles. The van der Waals surface area contributed by atoms with Crippen LogP contribution in [0.4, 0.5) is 13.2 Å². The summed E-state index contributed by atoms with van der Waals surface area (Å²) in [6.07, 6.45) is 5.53. The Morgan fingerprint density at radius 3 is 2.47 bits per heavy atom. The van der Waals surface area contributed by atoms with E-state index in [0.717, 1.165) is 25.8 Å². The van der Waals surface area contributed by atoms with Gasteiger partial charge in [0.25, 0.3) is 0 Å². The molecule has 19 heavy (non-hydrogen) atoms. The van der Waals surface area contributed by atoms with Crippen LogP contribution in [-0.4, -0.2) is 18.8 Å². The highest BCUT2D eigenvalue weighted by Gasteiger charge is 2.45. The molecule has 0 aromatic heterocycles. The number of nitrogens with one attached hydrogen (secondary N) is 1. The van der Waals surface area contributed by atoms with Crippen molar-refractivity contribution in [3.8, 4) is 0 Å². The molecule has 4 heteroatoms. The Labute approximate surface area is 112 Å². The number of fused-ring (bicyclic) bond motifs is 2. The van der Waals surface area contributed by atoms with E-state index in [1.807, 2.05) is 0 Å². The highest BCUT2D eigenvalue weighted by molar-refractivity contribution is 5.10. The normalized spacial score (nSPS) is 41.9. The number of allylic oxidation sites excluding steroid dienone is 2. The number of hydrogen-bond donors (Lipinski definition) is 1. The maximum absolute atomic E-state index is 13.0. The van der Waals surface area contributed by atoms with Crippen LogP contribution in [0.3, 0.4) is 0 Å². The van der Waals surface area contributed by atoms with E-state index in [9.17, 15) is 13.2 Å². The quantitative estimate of drug-likeness (QED) is 0.769. The van der Waals surface area contributed by atoms with Crippen molar-refractivity contribution in [1.29, 1.82) is 0 Å². The minimum Gasteiger partial charge on any atom is -0.313 e. The summed E-state index contributed by atoms with van der Waals surface area (Å²) in [6, 6.07) is -0.350. The average molecular weight is 273 g/mol. The lowest BCUT2D eigenvalue weighted by atomic mass is 9.83. The van der Waals surface area contributed by atoms with E-state index < -0.39 is 12.1 Å². The van der Waals surface area contributed by atoms with Gasteiger partial charge in [0.15, 0.2) is 0 Å². The molecule has 0 aromatic rings. The molecule has 1 N–H and O–H groups in total. The molecule has 3 aliphatic rings. The lowest BCUT2D eigenvalue weighted by molar-refractivity contribution is -0.189. The van der Waals surface area contributed by atoms with Gasteiger partial charge in [0.2, 0.25) is 0 Å². The van der Waals surface area contributed by atoms with Crippen LogP contribution >= 0.6 is 0 Å². The van der Waals surface area contributed by atoms with Crippen LogP contribution in [0.5, 0.6) is 0 Å². The van der Waals surface area contributed by atoms with Gasteiger partial charge in [-0.1, -0.05) is 25.0 Å². The van der Waals surface area contributed by atoms with E-state index in [4.69, 9.17) is 0 Å². The first-order valence-corrected chi connectivity index (χ1v) is 7.52. The second-order valence-corrected chi connectivity index (χ2v) is 6.49. The third-order valence-corrected chi connectivity index (χ3v) is 5.25. The summed E-state index contributed by atoms with van der Waals surface area (Å²) in [7, 11) is 0. The predicted molar refractivity (Wildman–Crippen MR) is 68.6 cm³/mol. The van der Waals surface area contributed by atoms with E-state index >= 15 is 0 Å². The van der Waals surface area contributed by atoms with Gasteiger partial charge in [-0.25, -0.2) is 0 Å². The van der Waals surface area contributed by atoms with Crippen LogP contribution in [0.15, 0.2) is 12.2 Å². The van der Waals surface area contributed by atoms with Crippen LogP contribution in [0.2, 0.25) is 0 Å². The molecule has 0 aliphatic heterocycles. The van der Waals surface area contributed by atoms with E-state index in [1.54, 1.807) is 0 Å². The Hall–Kier alpha value is -0.510. The molecular weight excluding hydrogens is 251 g/mol. The molecule has 0 aromatic carbocycles. The van der Waals surface area contributed by atoms with Crippen molar-refractivity contribution in [3.63, 3.8) is 0 Å². The molecule has 108 valence electrons. The molecule has 3 rings (SSSR count). The molecular formula is C15H22F3N. The Balaban J connectivity index is 1.54. The second-order valence-electron chi connectivity index (χ2n) is 6.49. The SMILES string of the molecule is FC(F)(F)C1CCCCC1NCC1CC2C=CC1C2. The summed E-state index contributed by atoms with van der Waals surface area (Å²) < 4.78 is 39.0. The smallest absolute Gasteiger partial charge is 0.313 e. The van der Waals surface area contributed by atoms with Crippen LogP contribution in [0.1, 0.15) is 38.5 Å². The maximum atomic E-state index is 13.0. The third-order valence-electron chi connectivity index (χ3n) is 5.25. The van der Waals surface area contributed by atoms with E-state index in [-0.39, 0.29) is 6.04 Å². The van der Waals surface area contributed by atoms with Crippen molar-refractivity contribution in [2.45, 2.75) is 50.7 Å². The van der Waals surface area contributed by atoms with Crippen molar-refractivity contribution in [3.05, 3.63) is 12.2 Å². The summed E-state index contributed by atoms with van der Waals surface area (Å²) in [5.74, 6) is 0.744. The predicted octanol–water partition coefficient (Wildman–Crippen LogP) is 3.91. The van der Waals surface area contributed by atoms with Crippen molar-refractivity contribution >= 4 is 0 Å². The Bertz CT molecular complexity index is 350. The topological polar surface area (TPSA) is 12.0 Å². The zero-order chi connectivity index (χ0) is 13.5. The zero-order valence-corrected chi connectivity index (χ0v) is 11.1. The molecule has 5 unspecified atom stereocenters. The number of rotatable bonds is 3. The second kappa shape index (κ2) is 5.12. The third kappa shape index (κ3) is 2.83. The van der Waals surface area contributed by atoms with Gasteiger partial charge < -0.3 is 5.32 Å². The van der Waals surface area contributed by atoms with Crippen LogP contribution in [0, 0.1) is 23.7 Å². The van der Waals surface area contributed by atoms with Gasteiger partial charge in [-0.15, -0.1) is 0 Å². The van der Waals surface area contributed by atoms with Gasteiger partial charge in [0, 0.05) is 6.04 Å². The fraction of sp³-hybridized carbons (Fsp3) is 0.867. The minimum absolute atomic E-state index is 0.303. The summed E-state index contributed by atoms with van der Waals surface area (Å²) >= 11 is 0. The Morgan fingerprint density at radius 2 is 1.84 bits per heavy atom. The van der Waals surface area contributed by atoms with Gasteiger partial charge in [-0.3, -0.25) is 0 Å². The Kier molecular flexibility index (Phi) is 3.63. The minimum atomic E-state index is -4.04. The number of hydrogen-bond acceptors (Lipinski definition) is 1. The van der Waals surface area contributed by atoms with Crippen molar-refractivity contribution in [2.24, 2.45) is 23.7 Å². The lowest BCUT2D eigenvalue weighted by Gasteiger charge is -2.35. The molecule has 2 bridgehead atoms. The molecule has 2 fully saturated rings. The fourth-order valence-corrected chi connectivity index (χ4v) is 4.20. The van der Waals surface area contributed by atoms with Gasteiger partial charge in [0.05, 0.1) is 5.92 Å². The summed E-state index contributed by atoms with van der Waals surface area (Å²) in [5.41, 5.74) is 0. The van der Waals surface area contributed by atoms with E-state index in [0.29, 0.717) is 30.6 Å². The Morgan fingerprint density at radius 1 is 1.05 bits per heavy atom.